The van der Waals surface area contributed by atoms with E-state index in [0.29, 0.717) is 11.2 Å². The van der Waals surface area contributed by atoms with Crippen molar-refractivity contribution in [2.75, 3.05) is 11.9 Å². The Hall–Kier alpha value is -0.800. The van der Waals surface area contributed by atoms with E-state index < -0.39 is 0 Å². The van der Waals surface area contributed by atoms with Crippen molar-refractivity contribution in [1.29, 1.82) is 0 Å². The zero-order valence-corrected chi connectivity index (χ0v) is 10.6. The first kappa shape index (κ1) is 11.3. The number of anilines is 1. The lowest BCUT2D eigenvalue weighted by Crippen LogP contribution is -2.40. The Labute approximate surface area is 107 Å². The average molecular weight is 252 g/mol. The molecule has 0 radical (unpaired) electrons. The van der Waals surface area contributed by atoms with Gasteiger partial charge in [0.05, 0.1) is 11.2 Å². The van der Waals surface area contributed by atoms with E-state index in [1.165, 1.54) is 25.7 Å². The molecule has 0 spiro atoms. The van der Waals surface area contributed by atoms with Gasteiger partial charge >= 0.3 is 0 Å². The van der Waals surface area contributed by atoms with Crippen molar-refractivity contribution in [3.63, 3.8) is 0 Å². The van der Waals surface area contributed by atoms with Gasteiger partial charge in [0, 0.05) is 6.20 Å². The smallest absolute Gasteiger partial charge is 0.127 e. The third kappa shape index (κ3) is 2.55. The highest BCUT2D eigenvalue weighted by Gasteiger charge is 2.31. The molecule has 3 aliphatic rings. The highest BCUT2D eigenvalue weighted by molar-refractivity contribution is 6.30. The maximum atomic E-state index is 5.84. The molecule has 1 atom stereocenters. The third-order valence-electron chi connectivity index (χ3n) is 4.02. The number of rotatable bonds is 2. The topological polar surface area (TPSA) is 37.0 Å². The Kier molecular flexibility index (Phi) is 3.21. The normalized spacial score (nSPS) is 32.2. The number of nitrogens with zero attached hydrogens (tertiary/aromatic N) is 1. The third-order valence-corrected chi connectivity index (χ3v) is 4.24. The van der Waals surface area contributed by atoms with Crippen LogP contribution in [-0.2, 0) is 0 Å². The molecule has 3 fully saturated rings. The summed E-state index contributed by atoms with van der Waals surface area (Å²) in [5, 5.41) is 7.80. The zero-order valence-electron chi connectivity index (χ0n) is 9.82. The predicted molar refractivity (Wildman–Crippen MR) is 70.1 cm³/mol. The van der Waals surface area contributed by atoms with Gasteiger partial charge in [0.2, 0.25) is 0 Å². The van der Waals surface area contributed by atoms with Crippen molar-refractivity contribution in [3.8, 4) is 0 Å². The number of hydrogen-bond acceptors (Lipinski definition) is 3. The highest BCUT2D eigenvalue weighted by Crippen LogP contribution is 2.33. The quantitative estimate of drug-likeness (QED) is 0.849. The van der Waals surface area contributed by atoms with Gasteiger partial charge in [-0.25, -0.2) is 4.98 Å². The second-order valence-electron chi connectivity index (χ2n) is 5.17. The Morgan fingerprint density at radius 2 is 2.06 bits per heavy atom. The second kappa shape index (κ2) is 4.83. The molecule has 2 bridgehead atoms. The van der Waals surface area contributed by atoms with Gasteiger partial charge in [-0.2, -0.15) is 0 Å². The van der Waals surface area contributed by atoms with E-state index in [9.17, 15) is 0 Å². The van der Waals surface area contributed by atoms with E-state index in [1.54, 1.807) is 6.20 Å². The van der Waals surface area contributed by atoms with E-state index in [0.717, 1.165) is 24.2 Å². The summed E-state index contributed by atoms with van der Waals surface area (Å²) in [4.78, 5) is 4.30. The van der Waals surface area contributed by atoms with E-state index in [4.69, 9.17) is 11.6 Å². The van der Waals surface area contributed by atoms with Gasteiger partial charge in [-0.3, -0.25) is 5.32 Å². The summed E-state index contributed by atoms with van der Waals surface area (Å²) in [6, 6.07) is 3.83. The number of halogens is 1. The number of hydrogen-bond donors (Lipinski definition) is 2. The van der Waals surface area contributed by atoms with Gasteiger partial charge in [-0.05, 0) is 56.2 Å². The number of nitrogens with one attached hydrogen (secondary N) is 2. The summed E-state index contributed by atoms with van der Waals surface area (Å²) in [6.07, 6.45) is 7.49. The van der Waals surface area contributed by atoms with Gasteiger partial charge in [-0.15, -0.1) is 0 Å². The van der Waals surface area contributed by atoms with Crippen LogP contribution in [0.5, 0.6) is 0 Å². The average Bonchev–Trinajstić information content (AvgIpc) is 2.66. The van der Waals surface area contributed by atoms with Crippen LogP contribution in [0, 0.1) is 11.8 Å². The molecule has 0 amide bonds. The molecule has 1 unspecified atom stereocenters. The molecule has 1 aromatic rings. The van der Waals surface area contributed by atoms with E-state index in [1.807, 2.05) is 12.1 Å². The van der Waals surface area contributed by atoms with Crippen LogP contribution in [0.15, 0.2) is 18.3 Å². The predicted octanol–water partition coefficient (Wildman–Crippen LogP) is 2.88. The van der Waals surface area contributed by atoms with Crippen molar-refractivity contribution in [2.24, 2.45) is 11.8 Å². The second-order valence-corrected chi connectivity index (χ2v) is 5.61. The molecule has 2 aliphatic heterocycles. The molecule has 1 aliphatic carbocycles. The van der Waals surface area contributed by atoms with E-state index in [2.05, 4.69) is 15.6 Å². The molecular formula is C13H18ClN3. The maximum absolute atomic E-state index is 5.84. The zero-order chi connectivity index (χ0) is 11.7. The van der Waals surface area contributed by atoms with E-state index >= 15 is 0 Å². The molecule has 3 nitrogen and oxygen atoms in total. The fourth-order valence-corrected chi connectivity index (χ4v) is 3.09. The standard InChI is InChI=1S/C13H18ClN3/c14-11-5-6-12(15-8-11)17-13-10-3-1-9(2-4-10)7-16-13/h5-6,8-10,13,16H,1-4,7H2,(H,15,17). The molecule has 3 heterocycles. The summed E-state index contributed by atoms with van der Waals surface area (Å²) in [6.45, 7) is 1.14. The van der Waals surface area contributed by atoms with Gasteiger partial charge in [0.15, 0.2) is 0 Å². The minimum Gasteiger partial charge on any atom is -0.354 e. The molecule has 1 saturated carbocycles. The van der Waals surface area contributed by atoms with Crippen molar-refractivity contribution in [2.45, 2.75) is 31.8 Å². The lowest BCUT2D eigenvalue weighted by molar-refractivity contribution is 0.302. The molecule has 92 valence electrons. The van der Waals surface area contributed by atoms with Crippen molar-refractivity contribution in [1.82, 2.24) is 10.3 Å². The molecule has 2 saturated heterocycles. The Balaban J connectivity index is 1.69. The minimum absolute atomic E-state index is 0.371. The van der Waals surface area contributed by atoms with Crippen LogP contribution in [0.2, 0.25) is 5.02 Å². The Bertz CT molecular complexity index is 371. The maximum Gasteiger partial charge on any atom is 0.127 e. The lowest BCUT2D eigenvalue weighted by Gasteiger charge is -2.28. The fourth-order valence-electron chi connectivity index (χ4n) is 2.98. The minimum atomic E-state index is 0.371. The summed E-state index contributed by atoms with van der Waals surface area (Å²) in [5.41, 5.74) is 0. The SMILES string of the molecule is Clc1ccc(NC2NCC3CCC2CC3)nc1. The van der Waals surface area contributed by atoms with Crippen molar-refractivity contribution in [3.05, 3.63) is 23.4 Å². The largest absolute Gasteiger partial charge is 0.354 e. The van der Waals surface area contributed by atoms with Gasteiger partial charge in [0.25, 0.3) is 0 Å². The van der Waals surface area contributed by atoms with Crippen LogP contribution in [0.4, 0.5) is 5.82 Å². The van der Waals surface area contributed by atoms with E-state index in [-0.39, 0.29) is 0 Å². The number of fused-ring (bicyclic) bond motifs is 4. The molecule has 17 heavy (non-hydrogen) atoms. The number of pyridine rings is 1. The van der Waals surface area contributed by atoms with Crippen LogP contribution in [0.1, 0.15) is 25.7 Å². The molecule has 2 N–H and O–H groups in total. The van der Waals surface area contributed by atoms with Crippen molar-refractivity contribution < 1.29 is 0 Å². The summed E-state index contributed by atoms with van der Waals surface area (Å²) in [5.74, 6) is 2.54. The molecule has 1 aromatic heterocycles. The lowest BCUT2D eigenvalue weighted by atomic mass is 9.83. The Morgan fingerprint density at radius 3 is 2.76 bits per heavy atom. The monoisotopic (exact) mass is 251 g/mol. The number of aromatic nitrogens is 1. The van der Waals surface area contributed by atoms with Gasteiger partial charge in [-0.1, -0.05) is 11.6 Å². The fraction of sp³-hybridized carbons (Fsp3) is 0.615. The first-order chi connectivity index (χ1) is 8.31. The van der Waals surface area contributed by atoms with Crippen LogP contribution >= 0.6 is 11.6 Å². The Morgan fingerprint density at radius 1 is 1.24 bits per heavy atom. The molecular weight excluding hydrogens is 234 g/mol. The summed E-state index contributed by atoms with van der Waals surface area (Å²) >= 11 is 5.84. The first-order valence-electron chi connectivity index (χ1n) is 6.43. The summed E-state index contributed by atoms with van der Waals surface area (Å²) in [7, 11) is 0. The van der Waals surface area contributed by atoms with Crippen LogP contribution in [0.3, 0.4) is 0 Å². The molecule has 4 rings (SSSR count). The van der Waals surface area contributed by atoms with Crippen molar-refractivity contribution >= 4 is 17.4 Å². The van der Waals surface area contributed by atoms with Gasteiger partial charge < -0.3 is 5.32 Å². The molecule has 0 aromatic carbocycles. The highest BCUT2D eigenvalue weighted by atomic mass is 35.5. The van der Waals surface area contributed by atoms with Gasteiger partial charge in [0.1, 0.15) is 5.82 Å². The first-order valence-corrected chi connectivity index (χ1v) is 6.80. The summed E-state index contributed by atoms with van der Waals surface area (Å²) < 4.78 is 0. The van der Waals surface area contributed by atoms with Crippen LogP contribution in [-0.4, -0.2) is 17.7 Å². The molecule has 4 heteroatoms. The van der Waals surface area contributed by atoms with Crippen LogP contribution < -0.4 is 10.6 Å². The van der Waals surface area contributed by atoms with Crippen LogP contribution in [0.25, 0.3) is 0 Å².